The van der Waals surface area contributed by atoms with Crippen LogP contribution >= 0.6 is 0 Å². The highest BCUT2D eigenvalue weighted by Crippen LogP contribution is 2.26. The van der Waals surface area contributed by atoms with Crippen molar-refractivity contribution < 1.29 is 5.11 Å². The molecule has 0 saturated carbocycles. The van der Waals surface area contributed by atoms with Crippen molar-refractivity contribution in [3.63, 3.8) is 0 Å². The maximum absolute atomic E-state index is 8.55. The van der Waals surface area contributed by atoms with Crippen LogP contribution in [0.1, 0.15) is 6.42 Å². The number of allylic oxidation sites excluding steroid dienone is 4. The smallest absolute Gasteiger partial charge is 0.0612 e. The van der Waals surface area contributed by atoms with Crippen molar-refractivity contribution in [2.75, 3.05) is 6.61 Å². The molecular weight excluding hydrogens is 136 g/mol. The van der Waals surface area contributed by atoms with Crippen molar-refractivity contribution in [3.05, 3.63) is 37.0 Å². The van der Waals surface area contributed by atoms with Crippen LogP contribution in [-0.4, -0.2) is 11.7 Å². The van der Waals surface area contributed by atoms with Crippen molar-refractivity contribution >= 4 is 0 Å². The normalized spacial score (nSPS) is 29.9. The molecule has 0 spiro atoms. The molecule has 1 heteroatoms. The van der Waals surface area contributed by atoms with Gasteiger partial charge in [0.2, 0.25) is 0 Å². The summed E-state index contributed by atoms with van der Waals surface area (Å²) in [6.07, 6.45) is 11.2. The first-order valence-electron chi connectivity index (χ1n) is 3.95. The molecule has 0 unspecified atom stereocenters. The molecule has 0 aromatic carbocycles. The molecule has 0 aliphatic heterocycles. The van der Waals surface area contributed by atoms with Gasteiger partial charge in [0.05, 0.1) is 6.61 Å². The first-order valence-corrected chi connectivity index (χ1v) is 3.95. The monoisotopic (exact) mass is 150 g/mol. The fraction of sp³-hybridized carbons (Fsp3) is 0.400. The van der Waals surface area contributed by atoms with Crippen LogP contribution in [0.15, 0.2) is 37.0 Å². The van der Waals surface area contributed by atoms with Crippen molar-refractivity contribution in [1.29, 1.82) is 0 Å². The summed E-state index contributed by atoms with van der Waals surface area (Å²) in [5.41, 5.74) is 0. The Morgan fingerprint density at radius 1 is 1.64 bits per heavy atom. The van der Waals surface area contributed by atoms with Gasteiger partial charge in [-0.1, -0.05) is 30.4 Å². The molecule has 1 aliphatic carbocycles. The maximum Gasteiger partial charge on any atom is 0.0612 e. The molecule has 1 nitrogen and oxygen atoms in total. The molecule has 0 aromatic rings. The first kappa shape index (κ1) is 8.28. The quantitative estimate of drug-likeness (QED) is 0.609. The Morgan fingerprint density at radius 2 is 2.45 bits per heavy atom. The molecule has 0 heterocycles. The van der Waals surface area contributed by atoms with Crippen LogP contribution < -0.4 is 0 Å². The fourth-order valence-corrected chi connectivity index (χ4v) is 1.37. The average molecular weight is 150 g/mol. The number of hydrogen-bond acceptors (Lipinski definition) is 1. The van der Waals surface area contributed by atoms with Crippen molar-refractivity contribution in [2.24, 2.45) is 11.8 Å². The number of aliphatic hydroxyl groups excluding tert-OH is 1. The van der Waals surface area contributed by atoms with Crippen molar-refractivity contribution in [2.45, 2.75) is 6.42 Å². The van der Waals surface area contributed by atoms with Gasteiger partial charge in [0.15, 0.2) is 0 Å². The predicted molar refractivity (Wildman–Crippen MR) is 47.2 cm³/mol. The van der Waals surface area contributed by atoms with Gasteiger partial charge in [0, 0.05) is 5.92 Å². The second-order valence-electron chi connectivity index (χ2n) is 2.75. The second-order valence-corrected chi connectivity index (χ2v) is 2.75. The van der Waals surface area contributed by atoms with Crippen LogP contribution in [0.2, 0.25) is 0 Å². The van der Waals surface area contributed by atoms with Gasteiger partial charge in [-0.05, 0) is 12.3 Å². The maximum atomic E-state index is 8.55. The van der Waals surface area contributed by atoms with Gasteiger partial charge in [0.1, 0.15) is 0 Å². The molecular formula is C10H14O. The Labute approximate surface area is 67.7 Å². The molecule has 0 fully saturated rings. The molecule has 0 bridgehead atoms. The van der Waals surface area contributed by atoms with Crippen LogP contribution in [0.3, 0.4) is 0 Å². The predicted octanol–water partition coefficient (Wildman–Crippen LogP) is 1.91. The molecule has 60 valence electrons. The average Bonchev–Trinajstić information content (AvgIpc) is 2.47. The number of aliphatic hydroxyl groups is 1. The summed E-state index contributed by atoms with van der Waals surface area (Å²) in [5.74, 6) is 0.998. The second kappa shape index (κ2) is 4.14. The minimum atomic E-state index is 0.133. The Bertz CT molecular complexity index is 179. The fourth-order valence-electron chi connectivity index (χ4n) is 1.37. The highest BCUT2D eigenvalue weighted by atomic mass is 16.2. The standard InChI is InChI=1S/C10H14O/c1-2-9-5-3-6-10(9)7-4-8-11/h2-4,6-7,9-11H,1,5,8H2/b7-4+/t9-,10-/m1/s1. The number of hydrogen-bond donors (Lipinski definition) is 1. The third-order valence-electron chi connectivity index (χ3n) is 2.03. The Hall–Kier alpha value is -0.820. The summed E-state index contributed by atoms with van der Waals surface area (Å²) >= 11 is 0. The summed E-state index contributed by atoms with van der Waals surface area (Å²) < 4.78 is 0. The largest absolute Gasteiger partial charge is 0.392 e. The minimum absolute atomic E-state index is 0.133. The van der Waals surface area contributed by atoms with Gasteiger partial charge < -0.3 is 5.11 Å². The molecule has 1 N–H and O–H groups in total. The van der Waals surface area contributed by atoms with E-state index in [1.54, 1.807) is 6.08 Å². The molecule has 1 rings (SSSR count). The van der Waals surface area contributed by atoms with E-state index in [-0.39, 0.29) is 6.61 Å². The zero-order valence-corrected chi connectivity index (χ0v) is 6.61. The Balaban J connectivity index is 2.49. The lowest BCUT2D eigenvalue weighted by Gasteiger charge is -2.09. The summed E-state index contributed by atoms with van der Waals surface area (Å²) in [7, 11) is 0. The molecule has 11 heavy (non-hydrogen) atoms. The Kier molecular flexibility index (Phi) is 3.12. The van der Waals surface area contributed by atoms with Crippen molar-refractivity contribution in [3.8, 4) is 0 Å². The third kappa shape index (κ3) is 2.05. The summed E-state index contributed by atoms with van der Waals surface area (Å²) in [4.78, 5) is 0. The van der Waals surface area contributed by atoms with E-state index in [0.29, 0.717) is 11.8 Å². The van der Waals surface area contributed by atoms with Crippen LogP contribution in [0.4, 0.5) is 0 Å². The first-order chi connectivity index (χ1) is 5.38. The SMILES string of the molecule is C=C[C@@H]1CC=C[C@@H]1/C=C/CO. The van der Waals surface area contributed by atoms with Gasteiger partial charge in [-0.25, -0.2) is 0 Å². The van der Waals surface area contributed by atoms with E-state index in [0.717, 1.165) is 6.42 Å². The summed E-state index contributed by atoms with van der Waals surface area (Å²) in [6, 6.07) is 0. The highest BCUT2D eigenvalue weighted by Gasteiger charge is 2.16. The van der Waals surface area contributed by atoms with E-state index < -0.39 is 0 Å². The molecule has 0 saturated heterocycles. The summed E-state index contributed by atoms with van der Waals surface area (Å²) in [5, 5.41) is 8.55. The third-order valence-corrected chi connectivity index (χ3v) is 2.03. The molecule has 0 radical (unpaired) electrons. The van der Waals surface area contributed by atoms with Gasteiger partial charge in [-0.15, -0.1) is 6.58 Å². The highest BCUT2D eigenvalue weighted by molar-refractivity contribution is 5.13. The molecule has 1 aliphatic rings. The molecule has 0 aromatic heterocycles. The topological polar surface area (TPSA) is 20.2 Å². The van der Waals surface area contributed by atoms with Gasteiger partial charge >= 0.3 is 0 Å². The molecule has 0 amide bonds. The van der Waals surface area contributed by atoms with E-state index in [1.165, 1.54) is 0 Å². The van der Waals surface area contributed by atoms with E-state index in [4.69, 9.17) is 5.11 Å². The van der Waals surface area contributed by atoms with Crippen LogP contribution in [0, 0.1) is 11.8 Å². The lowest BCUT2D eigenvalue weighted by molar-refractivity contribution is 0.341. The molecule has 2 atom stereocenters. The Morgan fingerprint density at radius 3 is 3.09 bits per heavy atom. The van der Waals surface area contributed by atoms with Gasteiger partial charge in [-0.3, -0.25) is 0 Å². The van der Waals surface area contributed by atoms with E-state index in [9.17, 15) is 0 Å². The van der Waals surface area contributed by atoms with Crippen LogP contribution in [-0.2, 0) is 0 Å². The lowest BCUT2D eigenvalue weighted by Crippen LogP contribution is -2.01. The van der Waals surface area contributed by atoms with E-state index in [2.05, 4.69) is 18.7 Å². The number of rotatable bonds is 3. The van der Waals surface area contributed by atoms with Crippen LogP contribution in [0.25, 0.3) is 0 Å². The zero-order valence-electron chi connectivity index (χ0n) is 6.61. The zero-order chi connectivity index (χ0) is 8.10. The lowest BCUT2D eigenvalue weighted by atomic mass is 9.95. The van der Waals surface area contributed by atoms with E-state index >= 15 is 0 Å². The van der Waals surface area contributed by atoms with Crippen LogP contribution in [0.5, 0.6) is 0 Å². The van der Waals surface area contributed by atoms with Crippen molar-refractivity contribution in [1.82, 2.24) is 0 Å². The summed E-state index contributed by atoms with van der Waals surface area (Å²) in [6.45, 7) is 3.90. The minimum Gasteiger partial charge on any atom is -0.392 e. The van der Waals surface area contributed by atoms with Gasteiger partial charge in [-0.2, -0.15) is 0 Å². The van der Waals surface area contributed by atoms with E-state index in [1.807, 2.05) is 12.2 Å². The van der Waals surface area contributed by atoms with Gasteiger partial charge in [0.25, 0.3) is 0 Å².